The fourth-order valence-corrected chi connectivity index (χ4v) is 3.06. The van der Waals surface area contributed by atoms with Gasteiger partial charge in [-0.3, -0.25) is 0 Å². The molecule has 140 valence electrons. The van der Waals surface area contributed by atoms with Crippen LogP contribution < -0.4 is 5.73 Å². The predicted molar refractivity (Wildman–Crippen MR) is 85.9 cm³/mol. The maximum atomic E-state index is 13.3. The molecule has 0 spiro atoms. The molecule has 1 aromatic rings. The highest BCUT2D eigenvalue weighted by atomic mass is 35.5. The van der Waals surface area contributed by atoms with Gasteiger partial charge in [-0.1, -0.05) is 13.8 Å². The average Bonchev–Trinajstić information content (AvgIpc) is 2.42. The minimum atomic E-state index is -4.96. The van der Waals surface area contributed by atoms with E-state index in [2.05, 4.69) is 0 Å². The second-order valence-electron chi connectivity index (χ2n) is 5.66. The summed E-state index contributed by atoms with van der Waals surface area (Å²) in [4.78, 5) is -0.605. The van der Waals surface area contributed by atoms with Crippen molar-refractivity contribution in [3.8, 4) is 0 Å². The molecule has 10 heteroatoms. The van der Waals surface area contributed by atoms with Crippen molar-refractivity contribution in [2.75, 3.05) is 13.6 Å². The number of sulfonamides is 1. The number of halogens is 5. The molecule has 0 saturated carbocycles. The molecule has 0 bridgehead atoms. The Hall–Kier alpha value is -0.900. The largest absolute Gasteiger partial charge is 0.419 e. The molecule has 0 aliphatic rings. The van der Waals surface area contributed by atoms with Crippen LogP contribution in [0.3, 0.4) is 0 Å². The topological polar surface area (TPSA) is 63.4 Å². The number of nitrogens with zero attached hydrogens (tertiary/aromatic N) is 1. The van der Waals surface area contributed by atoms with Gasteiger partial charge in [0.25, 0.3) is 0 Å². The van der Waals surface area contributed by atoms with Crippen LogP contribution >= 0.6 is 12.4 Å². The van der Waals surface area contributed by atoms with Crippen LogP contribution in [-0.2, 0) is 16.2 Å². The molecule has 0 aromatic heterocycles. The van der Waals surface area contributed by atoms with Crippen LogP contribution in [0, 0.1) is 11.7 Å². The first kappa shape index (κ1) is 23.1. The monoisotopic (exact) mass is 392 g/mol. The van der Waals surface area contributed by atoms with Gasteiger partial charge in [0.15, 0.2) is 0 Å². The van der Waals surface area contributed by atoms with Gasteiger partial charge in [0.1, 0.15) is 5.82 Å². The van der Waals surface area contributed by atoms with Gasteiger partial charge in [-0.15, -0.1) is 12.4 Å². The second kappa shape index (κ2) is 8.46. The third kappa shape index (κ3) is 5.58. The van der Waals surface area contributed by atoms with Crippen molar-refractivity contribution in [1.82, 2.24) is 4.31 Å². The van der Waals surface area contributed by atoms with E-state index in [1.165, 1.54) is 7.05 Å². The van der Waals surface area contributed by atoms with Crippen molar-refractivity contribution >= 4 is 22.4 Å². The molecule has 1 unspecified atom stereocenters. The molecule has 0 aliphatic carbocycles. The first-order valence-corrected chi connectivity index (χ1v) is 8.40. The maximum Gasteiger partial charge on any atom is 0.419 e. The molecular weight excluding hydrogens is 372 g/mol. The van der Waals surface area contributed by atoms with Gasteiger partial charge >= 0.3 is 6.18 Å². The highest BCUT2D eigenvalue weighted by Crippen LogP contribution is 2.33. The molecule has 1 aromatic carbocycles. The van der Waals surface area contributed by atoms with Crippen LogP contribution in [0.1, 0.15) is 25.8 Å². The first-order valence-electron chi connectivity index (χ1n) is 6.96. The zero-order chi connectivity index (χ0) is 18.0. The van der Waals surface area contributed by atoms with E-state index in [-0.39, 0.29) is 30.9 Å². The summed E-state index contributed by atoms with van der Waals surface area (Å²) in [6, 6.07) is 1.40. The molecule has 0 aliphatic heterocycles. The summed E-state index contributed by atoms with van der Waals surface area (Å²) in [7, 11) is -2.90. The quantitative estimate of drug-likeness (QED) is 0.756. The molecule has 0 heterocycles. The zero-order valence-corrected chi connectivity index (χ0v) is 15.1. The highest BCUT2D eigenvalue weighted by molar-refractivity contribution is 7.89. The lowest BCUT2D eigenvalue weighted by atomic mass is 10.0. The summed E-state index contributed by atoms with van der Waals surface area (Å²) in [6.07, 6.45) is -4.60. The van der Waals surface area contributed by atoms with Crippen molar-refractivity contribution in [3.63, 3.8) is 0 Å². The van der Waals surface area contributed by atoms with E-state index < -0.39 is 32.5 Å². The van der Waals surface area contributed by atoms with E-state index in [9.17, 15) is 26.0 Å². The number of nitrogens with two attached hydrogens (primary N) is 1. The Kier molecular flexibility index (Phi) is 8.14. The Bertz CT molecular complexity index is 651. The molecule has 0 radical (unpaired) electrons. The van der Waals surface area contributed by atoms with Gasteiger partial charge in [0, 0.05) is 19.6 Å². The van der Waals surface area contributed by atoms with Gasteiger partial charge in [-0.2, -0.15) is 13.2 Å². The molecular formula is C14H21ClF4N2O2S. The Morgan fingerprint density at radius 3 is 2.25 bits per heavy atom. The van der Waals surface area contributed by atoms with Crippen LogP contribution in [0.25, 0.3) is 0 Å². The van der Waals surface area contributed by atoms with Crippen molar-refractivity contribution in [3.05, 3.63) is 29.6 Å². The number of hydrogen-bond donors (Lipinski definition) is 1. The van der Waals surface area contributed by atoms with Crippen molar-refractivity contribution in [1.29, 1.82) is 0 Å². The highest BCUT2D eigenvalue weighted by Gasteiger charge is 2.35. The van der Waals surface area contributed by atoms with Gasteiger partial charge < -0.3 is 5.73 Å². The van der Waals surface area contributed by atoms with Crippen molar-refractivity contribution in [2.24, 2.45) is 11.7 Å². The van der Waals surface area contributed by atoms with E-state index in [4.69, 9.17) is 5.73 Å². The molecule has 0 fully saturated rings. The third-order valence-electron chi connectivity index (χ3n) is 3.59. The number of benzene rings is 1. The molecule has 4 nitrogen and oxygen atoms in total. The summed E-state index contributed by atoms with van der Waals surface area (Å²) < 4.78 is 76.9. The lowest BCUT2D eigenvalue weighted by Gasteiger charge is -2.21. The summed E-state index contributed by atoms with van der Waals surface area (Å²) >= 11 is 0. The smallest absolute Gasteiger partial charge is 0.327 e. The Morgan fingerprint density at radius 2 is 1.79 bits per heavy atom. The Morgan fingerprint density at radius 1 is 1.25 bits per heavy atom. The average molecular weight is 393 g/mol. The van der Waals surface area contributed by atoms with E-state index >= 15 is 0 Å². The molecule has 1 rings (SSSR count). The number of rotatable bonds is 6. The van der Waals surface area contributed by atoms with Gasteiger partial charge in [-0.05, 0) is 30.5 Å². The van der Waals surface area contributed by atoms with Crippen LogP contribution in [0.15, 0.2) is 23.1 Å². The maximum absolute atomic E-state index is 13.3. The lowest BCUT2D eigenvalue weighted by molar-refractivity contribution is -0.140. The normalized spacial score (nSPS) is 13.9. The molecule has 2 N–H and O–H groups in total. The van der Waals surface area contributed by atoms with Crippen molar-refractivity contribution < 1.29 is 26.0 Å². The fourth-order valence-electron chi connectivity index (χ4n) is 1.85. The van der Waals surface area contributed by atoms with Gasteiger partial charge in [0.2, 0.25) is 10.0 Å². The Balaban J connectivity index is 0.00000529. The van der Waals surface area contributed by atoms with E-state index in [0.717, 1.165) is 10.4 Å². The number of alkyl halides is 3. The fraction of sp³-hybridized carbons (Fsp3) is 0.571. The van der Waals surface area contributed by atoms with Crippen molar-refractivity contribution in [2.45, 2.75) is 37.4 Å². The van der Waals surface area contributed by atoms with Crippen LogP contribution in [-0.4, -0.2) is 32.4 Å². The van der Waals surface area contributed by atoms with E-state index in [1.807, 2.05) is 13.8 Å². The first-order chi connectivity index (χ1) is 10.4. The molecule has 0 amide bonds. The summed E-state index contributed by atoms with van der Waals surface area (Å²) in [5.41, 5.74) is 4.22. The van der Waals surface area contributed by atoms with Crippen LogP contribution in [0.2, 0.25) is 0 Å². The molecule has 1 atom stereocenters. The summed E-state index contributed by atoms with van der Waals surface area (Å²) in [5.74, 6) is -1.37. The second-order valence-corrected chi connectivity index (χ2v) is 7.71. The summed E-state index contributed by atoms with van der Waals surface area (Å²) in [5, 5.41) is 0. The molecule has 0 saturated heterocycles. The minimum absolute atomic E-state index is 0. The predicted octanol–water partition coefficient (Wildman–Crippen LogP) is 3.26. The van der Waals surface area contributed by atoms with Crippen LogP contribution in [0.4, 0.5) is 17.6 Å². The Labute approximate surface area is 145 Å². The SMILES string of the molecule is CC(C)C(N)CCN(C)S(=O)(=O)c1ccc(F)c(C(F)(F)F)c1.Cl. The standard InChI is InChI=1S/C14H20F4N2O2S.ClH/c1-9(2)13(19)6-7-20(3)23(21,22)10-4-5-12(15)11(8-10)14(16,17)18;/h4-5,8-9,13H,6-7,19H2,1-3H3;1H. The zero-order valence-electron chi connectivity index (χ0n) is 13.5. The van der Waals surface area contributed by atoms with E-state index in [0.29, 0.717) is 18.6 Å². The summed E-state index contributed by atoms with van der Waals surface area (Å²) in [6.45, 7) is 3.82. The molecule has 24 heavy (non-hydrogen) atoms. The van der Waals surface area contributed by atoms with E-state index in [1.54, 1.807) is 0 Å². The van der Waals surface area contributed by atoms with Gasteiger partial charge in [0.05, 0.1) is 10.5 Å². The van der Waals surface area contributed by atoms with Gasteiger partial charge in [-0.25, -0.2) is 17.1 Å². The minimum Gasteiger partial charge on any atom is -0.327 e. The number of hydrogen-bond acceptors (Lipinski definition) is 3. The lowest BCUT2D eigenvalue weighted by Crippen LogP contribution is -2.34. The van der Waals surface area contributed by atoms with Crippen LogP contribution in [0.5, 0.6) is 0 Å². The third-order valence-corrected chi connectivity index (χ3v) is 5.44.